The summed E-state index contributed by atoms with van der Waals surface area (Å²) < 4.78 is 0. The van der Waals surface area contributed by atoms with Gasteiger partial charge in [0, 0.05) is 12.4 Å². The molecule has 2 rings (SSSR count). The standard InChI is InChI=1S/C17H21NO/c1-14(19)17-8-6-15(7-9-17)4-2-3-5-16-10-12-18-13-11-16/h6-14,19H,2-5H2,1H3/t14-/m1/s1. The minimum atomic E-state index is -0.374. The quantitative estimate of drug-likeness (QED) is 0.798. The van der Waals surface area contributed by atoms with Crippen molar-refractivity contribution in [1.29, 1.82) is 0 Å². The molecule has 0 saturated carbocycles. The molecule has 0 amide bonds. The zero-order valence-corrected chi connectivity index (χ0v) is 11.4. The van der Waals surface area contributed by atoms with E-state index in [1.165, 1.54) is 24.0 Å². The van der Waals surface area contributed by atoms with Crippen molar-refractivity contribution in [3.8, 4) is 0 Å². The molecule has 2 aromatic rings. The fraction of sp³-hybridized carbons (Fsp3) is 0.353. The second-order valence-electron chi connectivity index (χ2n) is 4.98. The number of pyridine rings is 1. The Morgan fingerprint density at radius 3 is 1.95 bits per heavy atom. The number of benzene rings is 1. The first kappa shape index (κ1) is 13.8. The summed E-state index contributed by atoms with van der Waals surface area (Å²) in [6.45, 7) is 1.80. The van der Waals surface area contributed by atoms with Gasteiger partial charge in [0.05, 0.1) is 6.10 Å². The van der Waals surface area contributed by atoms with Crippen LogP contribution < -0.4 is 0 Å². The molecule has 2 heteroatoms. The van der Waals surface area contributed by atoms with Crippen LogP contribution >= 0.6 is 0 Å². The van der Waals surface area contributed by atoms with Crippen LogP contribution in [0.4, 0.5) is 0 Å². The molecule has 2 nitrogen and oxygen atoms in total. The van der Waals surface area contributed by atoms with Crippen molar-refractivity contribution in [2.75, 3.05) is 0 Å². The van der Waals surface area contributed by atoms with Gasteiger partial charge < -0.3 is 5.11 Å². The summed E-state index contributed by atoms with van der Waals surface area (Å²) in [4.78, 5) is 4.02. The zero-order chi connectivity index (χ0) is 13.5. The van der Waals surface area contributed by atoms with E-state index in [0.29, 0.717) is 0 Å². The number of rotatable bonds is 6. The van der Waals surface area contributed by atoms with Crippen LogP contribution in [0.25, 0.3) is 0 Å². The molecule has 1 heterocycles. The van der Waals surface area contributed by atoms with E-state index in [2.05, 4.69) is 29.2 Å². The van der Waals surface area contributed by atoms with E-state index in [0.717, 1.165) is 18.4 Å². The summed E-state index contributed by atoms with van der Waals surface area (Å²) in [5.41, 5.74) is 3.69. The Balaban J connectivity index is 1.74. The van der Waals surface area contributed by atoms with E-state index < -0.39 is 0 Å². The second kappa shape index (κ2) is 7.05. The number of aryl methyl sites for hydroxylation is 2. The predicted molar refractivity (Wildman–Crippen MR) is 78.0 cm³/mol. The molecular formula is C17H21NO. The van der Waals surface area contributed by atoms with Gasteiger partial charge in [-0.2, -0.15) is 0 Å². The first-order valence-corrected chi connectivity index (χ1v) is 6.91. The Morgan fingerprint density at radius 2 is 1.42 bits per heavy atom. The molecule has 0 spiro atoms. The van der Waals surface area contributed by atoms with Crippen LogP contribution in [-0.4, -0.2) is 10.1 Å². The number of hydrogen-bond donors (Lipinski definition) is 1. The van der Waals surface area contributed by atoms with Gasteiger partial charge in [0.15, 0.2) is 0 Å². The number of aliphatic hydroxyl groups excluding tert-OH is 1. The Kier molecular flexibility index (Phi) is 5.10. The molecule has 1 aromatic carbocycles. The second-order valence-corrected chi connectivity index (χ2v) is 4.98. The molecule has 0 radical (unpaired) electrons. The lowest BCUT2D eigenvalue weighted by Crippen LogP contribution is -1.93. The number of hydrogen-bond acceptors (Lipinski definition) is 2. The fourth-order valence-electron chi connectivity index (χ4n) is 2.17. The van der Waals surface area contributed by atoms with E-state index in [4.69, 9.17) is 0 Å². The Hall–Kier alpha value is -1.67. The Labute approximate surface area is 115 Å². The molecule has 0 fully saturated rings. The first-order valence-electron chi connectivity index (χ1n) is 6.91. The largest absolute Gasteiger partial charge is 0.389 e. The van der Waals surface area contributed by atoms with Crippen LogP contribution in [0.1, 0.15) is 42.6 Å². The van der Waals surface area contributed by atoms with Crippen molar-refractivity contribution >= 4 is 0 Å². The van der Waals surface area contributed by atoms with Crippen molar-refractivity contribution in [2.24, 2.45) is 0 Å². The van der Waals surface area contributed by atoms with Crippen LogP contribution in [0.15, 0.2) is 48.8 Å². The minimum absolute atomic E-state index is 0.374. The van der Waals surface area contributed by atoms with Gasteiger partial charge in [-0.05, 0) is 61.4 Å². The third-order valence-corrected chi connectivity index (χ3v) is 3.39. The SMILES string of the molecule is C[C@@H](O)c1ccc(CCCCc2ccncc2)cc1. The normalized spacial score (nSPS) is 12.3. The molecule has 100 valence electrons. The van der Waals surface area contributed by atoms with E-state index in [1.54, 1.807) is 6.92 Å². The topological polar surface area (TPSA) is 33.1 Å². The summed E-state index contributed by atoms with van der Waals surface area (Å²) in [6, 6.07) is 12.4. The molecule has 0 unspecified atom stereocenters. The number of unbranched alkanes of at least 4 members (excludes halogenated alkanes) is 1. The lowest BCUT2D eigenvalue weighted by molar-refractivity contribution is 0.199. The monoisotopic (exact) mass is 255 g/mol. The highest BCUT2D eigenvalue weighted by molar-refractivity contribution is 5.23. The molecule has 0 saturated heterocycles. The molecule has 0 aliphatic rings. The van der Waals surface area contributed by atoms with Gasteiger partial charge in [0.1, 0.15) is 0 Å². The highest BCUT2D eigenvalue weighted by Crippen LogP contribution is 2.14. The van der Waals surface area contributed by atoms with Gasteiger partial charge in [0.2, 0.25) is 0 Å². The van der Waals surface area contributed by atoms with Gasteiger partial charge in [0.25, 0.3) is 0 Å². The lowest BCUT2D eigenvalue weighted by Gasteiger charge is -2.06. The summed E-state index contributed by atoms with van der Waals surface area (Å²) in [7, 11) is 0. The Bertz CT molecular complexity index is 476. The van der Waals surface area contributed by atoms with E-state index in [1.807, 2.05) is 24.5 Å². The molecule has 1 N–H and O–H groups in total. The van der Waals surface area contributed by atoms with Gasteiger partial charge in [-0.1, -0.05) is 24.3 Å². The van der Waals surface area contributed by atoms with Crippen LogP contribution in [0.2, 0.25) is 0 Å². The fourth-order valence-corrected chi connectivity index (χ4v) is 2.17. The highest BCUT2D eigenvalue weighted by Gasteiger charge is 2.00. The van der Waals surface area contributed by atoms with Gasteiger partial charge in [-0.15, -0.1) is 0 Å². The van der Waals surface area contributed by atoms with E-state index >= 15 is 0 Å². The van der Waals surface area contributed by atoms with Crippen molar-refractivity contribution in [1.82, 2.24) is 4.98 Å². The molecule has 0 bridgehead atoms. The van der Waals surface area contributed by atoms with Crippen LogP contribution in [0, 0.1) is 0 Å². The minimum Gasteiger partial charge on any atom is -0.389 e. The molecule has 1 aromatic heterocycles. The average Bonchev–Trinajstić information content (AvgIpc) is 2.45. The van der Waals surface area contributed by atoms with Gasteiger partial charge in [-0.25, -0.2) is 0 Å². The van der Waals surface area contributed by atoms with Crippen LogP contribution in [0.5, 0.6) is 0 Å². The summed E-state index contributed by atoms with van der Waals surface area (Å²) in [6.07, 6.45) is 7.94. The maximum absolute atomic E-state index is 9.45. The van der Waals surface area contributed by atoms with E-state index in [9.17, 15) is 5.11 Å². The van der Waals surface area contributed by atoms with Crippen molar-refractivity contribution < 1.29 is 5.11 Å². The zero-order valence-electron chi connectivity index (χ0n) is 11.4. The van der Waals surface area contributed by atoms with Gasteiger partial charge in [-0.3, -0.25) is 4.98 Å². The Morgan fingerprint density at radius 1 is 0.895 bits per heavy atom. The van der Waals surface area contributed by atoms with Crippen molar-refractivity contribution in [2.45, 2.75) is 38.7 Å². The molecule has 0 aliphatic carbocycles. The van der Waals surface area contributed by atoms with Crippen LogP contribution in [0.3, 0.4) is 0 Å². The predicted octanol–water partition coefficient (Wildman–Crippen LogP) is 3.70. The maximum Gasteiger partial charge on any atom is 0.0761 e. The third kappa shape index (κ3) is 4.49. The number of aromatic nitrogens is 1. The van der Waals surface area contributed by atoms with Gasteiger partial charge >= 0.3 is 0 Å². The number of nitrogens with zero attached hydrogens (tertiary/aromatic N) is 1. The average molecular weight is 255 g/mol. The molecule has 19 heavy (non-hydrogen) atoms. The first-order chi connectivity index (χ1) is 9.25. The number of aliphatic hydroxyl groups is 1. The van der Waals surface area contributed by atoms with Crippen LogP contribution in [-0.2, 0) is 12.8 Å². The highest BCUT2D eigenvalue weighted by atomic mass is 16.3. The third-order valence-electron chi connectivity index (χ3n) is 3.39. The lowest BCUT2D eigenvalue weighted by atomic mass is 10.0. The summed E-state index contributed by atoms with van der Waals surface area (Å²) in [5.74, 6) is 0. The molecule has 0 aliphatic heterocycles. The summed E-state index contributed by atoms with van der Waals surface area (Å²) in [5, 5.41) is 9.45. The summed E-state index contributed by atoms with van der Waals surface area (Å²) >= 11 is 0. The smallest absolute Gasteiger partial charge is 0.0761 e. The van der Waals surface area contributed by atoms with E-state index in [-0.39, 0.29) is 6.10 Å². The maximum atomic E-state index is 9.45. The molecule has 1 atom stereocenters. The van der Waals surface area contributed by atoms with Crippen molar-refractivity contribution in [3.63, 3.8) is 0 Å². The van der Waals surface area contributed by atoms with Crippen molar-refractivity contribution in [3.05, 3.63) is 65.5 Å². The molecular weight excluding hydrogens is 234 g/mol.